The van der Waals surface area contributed by atoms with Crippen molar-refractivity contribution in [3.63, 3.8) is 0 Å². The van der Waals surface area contributed by atoms with E-state index in [0.29, 0.717) is 10.8 Å². The van der Waals surface area contributed by atoms with Crippen molar-refractivity contribution >= 4 is 21.8 Å². The number of fused-ring (bicyclic) bond motifs is 12. The number of hydrogen-bond acceptors (Lipinski definition) is 0. The molecule has 0 bridgehead atoms. The Bertz CT molecular complexity index is 1520. The molecule has 0 radical (unpaired) electrons. The lowest BCUT2D eigenvalue weighted by molar-refractivity contribution is -0.0767. The maximum atomic E-state index is 2.71. The summed E-state index contributed by atoms with van der Waals surface area (Å²) in [4.78, 5) is 0. The van der Waals surface area contributed by atoms with Gasteiger partial charge in [-0.05, 0) is 97.3 Å². The molecule has 0 saturated heterocycles. The highest BCUT2D eigenvalue weighted by molar-refractivity contribution is 5.87. The molecule has 0 N–H and O–H groups in total. The summed E-state index contributed by atoms with van der Waals surface area (Å²) in [6, 6.07) is 18.3. The third-order valence-electron chi connectivity index (χ3n) is 12.0. The first kappa shape index (κ1) is 20.7. The van der Waals surface area contributed by atoms with E-state index in [1.807, 2.05) is 0 Å². The molecule has 4 aliphatic rings. The van der Waals surface area contributed by atoms with Crippen LogP contribution in [0, 0.1) is 29.1 Å². The molecule has 2 heterocycles. The summed E-state index contributed by atoms with van der Waals surface area (Å²) in [6.07, 6.45) is 9.50. The van der Waals surface area contributed by atoms with E-state index >= 15 is 0 Å². The zero-order chi connectivity index (χ0) is 23.7. The maximum absolute atomic E-state index is 2.71. The van der Waals surface area contributed by atoms with Gasteiger partial charge < -0.3 is 9.13 Å². The predicted molar refractivity (Wildman–Crippen MR) is 145 cm³/mol. The van der Waals surface area contributed by atoms with E-state index in [9.17, 15) is 0 Å². The van der Waals surface area contributed by atoms with Crippen molar-refractivity contribution in [3.8, 4) is 0 Å². The molecule has 2 heteroatoms. The summed E-state index contributed by atoms with van der Waals surface area (Å²) in [7, 11) is 4.64. The molecule has 0 aliphatic heterocycles. The highest BCUT2D eigenvalue weighted by Gasteiger charge is 2.60. The lowest BCUT2D eigenvalue weighted by Crippen LogP contribution is -2.55. The maximum Gasteiger partial charge on any atom is 0.0482 e. The molecule has 180 valence electrons. The molecule has 6 atom stereocenters. The van der Waals surface area contributed by atoms with Crippen LogP contribution in [0.2, 0.25) is 0 Å². The molecule has 0 amide bonds. The van der Waals surface area contributed by atoms with E-state index in [1.54, 1.807) is 22.5 Å². The van der Waals surface area contributed by atoms with Crippen LogP contribution in [0.3, 0.4) is 0 Å². The molecule has 8 rings (SSSR count). The monoisotopic (exact) mass is 462 g/mol. The molecule has 0 unspecified atom stereocenters. The summed E-state index contributed by atoms with van der Waals surface area (Å²) >= 11 is 0. The summed E-state index contributed by atoms with van der Waals surface area (Å²) in [5.41, 5.74) is 10.3. The van der Waals surface area contributed by atoms with Crippen molar-refractivity contribution in [2.24, 2.45) is 43.2 Å². The molecule has 4 aromatic rings. The fourth-order valence-corrected chi connectivity index (χ4v) is 10.4. The highest BCUT2D eigenvalue weighted by atomic mass is 15.0. The van der Waals surface area contributed by atoms with Gasteiger partial charge in [0.2, 0.25) is 0 Å². The smallest absolute Gasteiger partial charge is 0.0482 e. The Kier molecular flexibility index (Phi) is 3.92. The van der Waals surface area contributed by atoms with Gasteiger partial charge in [0.1, 0.15) is 0 Å². The first-order chi connectivity index (χ1) is 16.9. The Balaban J connectivity index is 1.21. The molecule has 2 saturated carbocycles. The number of benzene rings is 2. The van der Waals surface area contributed by atoms with Gasteiger partial charge in [0.05, 0.1) is 0 Å². The minimum Gasteiger partial charge on any atom is -0.347 e. The Hall–Kier alpha value is -2.48. The quantitative estimate of drug-likeness (QED) is 0.259. The van der Waals surface area contributed by atoms with Gasteiger partial charge in [0.15, 0.2) is 0 Å². The SMILES string of the molecule is Cn1c2c(c3ccccc31)C[C@]1(C)[C@H](CC[C@H]3[C@H]1CC[C@@]1(C)c4c(c5ccccc5n4C)C[C@H]31)C2. The first-order valence-corrected chi connectivity index (χ1v) is 14.0. The summed E-state index contributed by atoms with van der Waals surface area (Å²) in [6.45, 7) is 5.34. The Morgan fingerprint density at radius 3 is 2.20 bits per heavy atom. The molecule has 4 aliphatic carbocycles. The van der Waals surface area contributed by atoms with Crippen molar-refractivity contribution in [1.82, 2.24) is 9.13 Å². The van der Waals surface area contributed by atoms with Crippen molar-refractivity contribution in [2.75, 3.05) is 0 Å². The van der Waals surface area contributed by atoms with Crippen molar-refractivity contribution in [3.05, 3.63) is 71.0 Å². The lowest BCUT2D eigenvalue weighted by Gasteiger charge is -2.60. The molecule has 2 nitrogen and oxygen atoms in total. The first-order valence-electron chi connectivity index (χ1n) is 14.0. The van der Waals surface area contributed by atoms with Crippen molar-refractivity contribution in [2.45, 2.75) is 64.2 Å². The van der Waals surface area contributed by atoms with Crippen LogP contribution < -0.4 is 0 Å². The highest BCUT2D eigenvalue weighted by Crippen LogP contribution is 2.66. The van der Waals surface area contributed by atoms with Crippen LogP contribution in [-0.2, 0) is 38.8 Å². The van der Waals surface area contributed by atoms with Gasteiger partial charge in [-0.2, -0.15) is 0 Å². The third kappa shape index (κ3) is 2.38. The van der Waals surface area contributed by atoms with Crippen LogP contribution in [0.5, 0.6) is 0 Å². The van der Waals surface area contributed by atoms with Crippen LogP contribution >= 0.6 is 0 Å². The zero-order valence-electron chi connectivity index (χ0n) is 21.8. The zero-order valence-corrected chi connectivity index (χ0v) is 21.8. The molecule has 2 aromatic carbocycles. The summed E-state index contributed by atoms with van der Waals surface area (Å²) in [5.74, 6) is 3.40. The van der Waals surface area contributed by atoms with Crippen LogP contribution in [0.1, 0.15) is 62.0 Å². The average molecular weight is 463 g/mol. The fraction of sp³-hybridized carbons (Fsp3) is 0.515. The van der Waals surface area contributed by atoms with Gasteiger partial charge in [0, 0.05) is 52.7 Å². The van der Waals surface area contributed by atoms with E-state index in [-0.39, 0.29) is 0 Å². The third-order valence-corrected chi connectivity index (χ3v) is 12.0. The van der Waals surface area contributed by atoms with Crippen LogP contribution in [0.4, 0.5) is 0 Å². The lowest BCUT2D eigenvalue weighted by atomic mass is 9.45. The second-order valence-electron chi connectivity index (χ2n) is 13.1. The Morgan fingerprint density at radius 1 is 0.743 bits per heavy atom. The normalized spacial score (nSPS) is 35.4. The number of aryl methyl sites for hydroxylation is 2. The minimum absolute atomic E-state index is 0.340. The second kappa shape index (κ2) is 6.64. The predicted octanol–water partition coefficient (Wildman–Crippen LogP) is 7.34. The molecule has 2 fully saturated rings. The molecular weight excluding hydrogens is 424 g/mol. The van der Waals surface area contributed by atoms with Gasteiger partial charge >= 0.3 is 0 Å². The van der Waals surface area contributed by atoms with Crippen LogP contribution in [0.15, 0.2) is 48.5 Å². The van der Waals surface area contributed by atoms with Gasteiger partial charge in [-0.25, -0.2) is 0 Å². The van der Waals surface area contributed by atoms with E-state index in [2.05, 4.69) is 85.6 Å². The van der Waals surface area contributed by atoms with Gasteiger partial charge in [-0.3, -0.25) is 0 Å². The molecule has 0 spiro atoms. The van der Waals surface area contributed by atoms with E-state index in [0.717, 1.165) is 23.7 Å². The number of hydrogen-bond donors (Lipinski definition) is 0. The van der Waals surface area contributed by atoms with Crippen molar-refractivity contribution < 1.29 is 0 Å². The second-order valence-corrected chi connectivity index (χ2v) is 13.1. The number of aromatic nitrogens is 2. The number of rotatable bonds is 0. The summed E-state index contributed by atoms with van der Waals surface area (Å²) in [5, 5.41) is 3.04. The van der Waals surface area contributed by atoms with Gasteiger partial charge in [-0.15, -0.1) is 0 Å². The molecule has 35 heavy (non-hydrogen) atoms. The molecule has 2 aromatic heterocycles. The fourth-order valence-electron chi connectivity index (χ4n) is 10.4. The number of para-hydroxylation sites is 2. The Morgan fingerprint density at radius 2 is 1.43 bits per heavy atom. The standard InChI is InChI=1S/C33H38N2/c1-32-16-15-26-23(27(32)18-24-21-9-5-8-12-29(21)35(4)31(24)32)14-13-20-17-30-25(19-33(20,26)2)22-10-6-7-11-28(22)34(30)3/h5-12,20,23,26-27H,13-19H2,1-4H3/t20-,23+,26-,27-,32-,33-/m1/s1. The Labute approximate surface area is 209 Å². The average Bonchev–Trinajstić information content (AvgIpc) is 3.44. The number of nitrogens with zero attached hydrogens (tertiary/aromatic N) is 2. The van der Waals surface area contributed by atoms with E-state index in [1.165, 1.54) is 66.8 Å². The largest absolute Gasteiger partial charge is 0.347 e. The van der Waals surface area contributed by atoms with Gasteiger partial charge in [-0.1, -0.05) is 50.2 Å². The minimum atomic E-state index is 0.340. The van der Waals surface area contributed by atoms with Crippen molar-refractivity contribution in [1.29, 1.82) is 0 Å². The van der Waals surface area contributed by atoms with Crippen LogP contribution in [-0.4, -0.2) is 9.13 Å². The van der Waals surface area contributed by atoms with Crippen LogP contribution in [0.25, 0.3) is 21.8 Å². The molecular formula is C33H38N2. The van der Waals surface area contributed by atoms with Gasteiger partial charge in [0.25, 0.3) is 0 Å². The summed E-state index contributed by atoms with van der Waals surface area (Å²) < 4.78 is 5.09. The van der Waals surface area contributed by atoms with E-state index in [4.69, 9.17) is 0 Å². The van der Waals surface area contributed by atoms with E-state index < -0.39 is 0 Å². The topological polar surface area (TPSA) is 9.86 Å².